The topological polar surface area (TPSA) is 94.4 Å². The Kier molecular flexibility index (Phi) is 6.39. The largest absolute Gasteiger partial charge is 0.493 e. The van der Waals surface area contributed by atoms with Gasteiger partial charge in [0.1, 0.15) is 12.4 Å². The lowest BCUT2D eigenvalue weighted by atomic mass is 9.85. The Balaban J connectivity index is 1.54. The second-order valence-corrected chi connectivity index (χ2v) is 8.84. The number of carbonyl (C=O) groups is 1. The van der Waals surface area contributed by atoms with Gasteiger partial charge in [0.25, 0.3) is 0 Å². The summed E-state index contributed by atoms with van der Waals surface area (Å²) in [4.78, 5) is 15.1. The summed E-state index contributed by atoms with van der Waals surface area (Å²) in [6.07, 6.45) is 5.56. The van der Waals surface area contributed by atoms with E-state index in [9.17, 15) is 4.79 Å². The number of hydrogen-bond donors (Lipinski definition) is 1. The van der Waals surface area contributed by atoms with Crippen LogP contribution in [0.15, 0.2) is 43.0 Å². The third kappa shape index (κ3) is 4.34. The van der Waals surface area contributed by atoms with E-state index < -0.39 is 0 Å². The molecule has 4 heterocycles. The summed E-state index contributed by atoms with van der Waals surface area (Å²) < 4.78 is 13.2. The zero-order valence-corrected chi connectivity index (χ0v) is 20.2. The van der Waals surface area contributed by atoms with Crippen LogP contribution in [0.3, 0.4) is 0 Å². The first-order valence-corrected chi connectivity index (χ1v) is 12.0. The van der Waals surface area contributed by atoms with Crippen LogP contribution in [0.4, 0.5) is 11.6 Å². The van der Waals surface area contributed by atoms with Gasteiger partial charge in [-0.1, -0.05) is 24.8 Å². The van der Waals surface area contributed by atoms with Gasteiger partial charge >= 0.3 is 0 Å². The zero-order valence-electron chi connectivity index (χ0n) is 20.2. The number of fused-ring (bicyclic) bond motifs is 1. The quantitative estimate of drug-likeness (QED) is 0.517. The highest BCUT2D eigenvalue weighted by atomic mass is 16.5. The average Bonchev–Trinajstić information content (AvgIpc) is 3.23. The monoisotopic (exact) mass is 474 g/mol. The van der Waals surface area contributed by atoms with Crippen LogP contribution < -0.4 is 19.7 Å². The van der Waals surface area contributed by atoms with Gasteiger partial charge in [-0.2, -0.15) is 9.78 Å². The summed E-state index contributed by atoms with van der Waals surface area (Å²) in [5.74, 6) is 2.92. The minimum Gasteiger partial charge on any atom is -0.493 e. The maximum absolute atomic E-state index is 12.9. The van der Waals surface area contributed by atoms with Gasteiger partial charge in [0.05, 0.1) is 12.8 Å². The number of piperidine rings is 1. The van der Waals surface area contributed by atoms with E-state index in [1.807, 2.05) is 37.3 Å². The number of ether oxygens (including phenoxy) is 2. The molecule has 0 radical (unpaired) electrons. The van der Waals surface area contributed by atoms with Gasteiger partial charge in [-0.3, -0.25) is 4.79 Å². The highest BCUT2D eigenvalue weighted by molar-refractivity contribution is 5.95. The molecule has 0 bridgehead atoms. The van der Waals surface area contributed by atoms with Crippen LogP contribution in [0.1, 0.15) is 48.4 Å². The predicted octanol–water partition coefficient (Wildman–Crippen LogP) is 4.01. The van der Waals surface area contributed by atoms with Gasteiger partial charge in [-0.25, -0.2) is 0 Å². The van der Waals surface area contributed by atoms with Crippen molar-refractivity contribution in [2.24, 2.45) is 0 Å². The Hall–Kier alpha value is -3.88. The molecule has 0 spiro atoms. The molecule has 2 aliphatic rings. The molecule has 2 aromatic heterocycles. The van der Waals surface area contributed by atoms with Crippen molar-refractivity contribution in [2.45, 2.75) is 38.5 Å². The molecule has 1 amide bonds. The molecular formula is C26H30N6O3. The molecule has 0 saturated carbocycles. The van der Waals surface area contributed by atoms with Crippen LogP contribution in [0.5, 0.6) is 11.5 Å². The lowest BCUT2D eigenvalue weighted by molar-refractivity contribution is -0.116. The molecule has 35 heavy (non-hydrogen) atoms. The van der Waals surface area contributed by atoms with Crippen LogP contribution in [0.2, 0.25) is 0 Å². The lowest BCUT2D eigenvalue weighted by Gasteiger charge is -2.27. The number of nitrogens with one attached hydrogen (secondary N) is 1. The van der Waals surface area contributed by atoms with E-state index in [0.29, 0.717) is 29.7 Å². The van der Waals surface area contributed by atoms with Crippen LogP contribution in [0.25, 0.3) is 5.82 Å². The van der Waals surface area contributed by atoms with Crippen molar-refractivity contribution in [1.29, 1.82) is 0 Å². The van der Waals surface area contributed by atoms with E-state index in [1.54, 1.807) is 17.9 Å². The summed E-state index contributed by atoms with van der Waals surface area (Å²) in [6, 6.07) is 9.61. The molecule has 1 fully saturated rings. The molecule has 0 aliphatic carbocycles. The summed E-state index contributed by atoms with van der Waals surface area (Å²) in [7, 11) is 1.61. The number of amides is 1. The number of carbonyl (C=O) groups excluding carboxylic acids is 1. The highest BCUT2D eigenvalue weighted by Gasteiger charge is 2.35. The third-order valence-electron chi connectivity index (χ3n) is 6.59. The van der Waals surface area contributed by atoms with Crippen molar-refractivity contribution in [3.05, 3.63) is 59.8 Å². The van der Waals surface area contributed by atoms with Crippen LogP contribution in [0, 0.1) is 6.92 Å². The van der Waals surface area contributed by atoms with Crippen molar-refractivity contribution in [3.8, 4) is 17.3 Å². The van der Waals surface area contributed by atoms with E-state index >= 15 is 0 Å². The van der Waals surface area contributed by atoms with Crippen molar-refractivity contribution < 1.29 is 14.3 Å². The Morgan fingerprint density at radius 1 is 1.14 bits per heavy atom. The molecule has 5 rings (SSSR count). The van der Waals surface area contributed by atoms with Crippen LogP contribution >= 0.6 is 0 Å². The molecule has 1 saturated heterocycles. The number of anilines is 2. The molecule has 2 aliphatic heterocycles. The van der Waals surface area contributed by atoms with Crippen molar-refractivity contribution in [1.82, 2.24) is 20.0 Å². The summed E-state index contributed by atoms with van der Waals surface area (Å²) in [6.45, 7) is 8.02. The smallest absolute Gasteiger partial charge is 0.226 e. The Bertz CT molecular complexity index is 1230. The first kappa shape index (κ1) is 22.9. The molecule has 1 N–H and O–H groups in total. The summed E-state index contributed by atoms with van der Waals surface area (Å²) in [5, 5.41) is 16.7. The van der Waals surface area contributed by atoms with E-state index in [1.165, 1.54) is 19.3 Å². The fourth-order valence-corrected chi connectivity index (χ4v) is 4.97. The van der Waals surface area contributed by atoms with Crippen molar-refractivity contribution in [2.75, 3.05) is 37.0 Å². The zero-order chi connectivity index (χ0) is 24.4. The number of nitrogens with zero attached hydrogens (tertiary/aromatic N) is 5. The molecule has 1 atom stereocenters. The fraction of sp³-hybridized carbons (Fsp3) is 0.385. The first-order chi connectivity index (χ1) is 17.1. The maximum atomic E-state index is 12.9. The maximum Gasteiger partial charge on any atom is 0.226 e. The number of benzene rings is 1. The molecule has 1 unspecified atom stereocenters. The standard InChI is InChI=1S/C26H30N6O3/c1-4-15-35-25-18(9-8-10-20(25)34-3)19-16-23(33)27-26-24(19)17(2)30-32(26)22-12-11-21(28-29-22)31-13-6-5-7-14-31/h4,8-12,19H,1,5-7,13-16H2,2-3H3,(H,27,33). The average molecular weight is 475 g/mol. The predicted molar refractivity (Wildman–Crippen MR) is 134 cm³/mol. The lowest BCUT2D eigenvalue weighted by Crippen LogP contribution is -2.30. The van der Waals surface area contributed by atoms with Crippen LogP contribution in [-0.2, 0) is 4.79 Å². The molecule has 182 valence electrons. The van der Waals surface area contributed by atoms with Crippen LogP contribution in [-0.4, -0.2) is 52.7 Å². The van der Waals surface area contributed by atoms with Crippen molar-refractivity contribution >= 4 is 17.5 Å². The van der Waals surface area contributed by atoms with Gasteiger partial charge in [-0.15, -0.1) is 10.2 Å². The van der Waals surface area contributed by atoms with Gasteiger partial charge in [0, 0.05) is 36.6 Å². The number of para-hydroxylation sites is 1. The van der Waals surface area contributed by atoms with E-state index in [0.717, 1.165) is 35.7 Å². The molecule has 1 aromatic carbocycles. The van der Waals surface area contributed by atoms with E-state index in [2.05, 4.69) is 27.0 Å². The SMILES string of the molecule is C=CCOc1c(OC)cccc1C1CC(=O)Nc2c1c(C)nn2-c1ccc(N2CCCCC2)nn1. The first-order valence-electron chi connectivity index (χ1n) is 12.0. The second-order valence-electron chi connectivity index (χ2n) is 8.84. The van der Waals surface area contributed by atoms with Gasteiger partial charge in [0.15, 0.2) is 23.1 Å². The number of rotatable bonds is 7. The molecule has 9 nitrogen and oxygen atoms in total. The minimum atomic E-state index is -0.247. The van der Waals surface area contributed by atoms with Crippen molar-refractivity contribution in [3.63, 3.8) is 0 Å². The molecule has 3 aromatic rings. The normalized spacial score (nSPS) is 17.5. The Labute approximate surface area is 204 Å². The third-order valence-corrected chi connectivity index (χ3v) is 6.59. The van der Waals surface area contributed by atoms with Gasteiger partial charge < -0.3 is 19.7 Å². The molecular weight excluding hydrogens is 444 g/mol. The Morgan fingerprint density at radius 3 is 2.63 bits per heavy atom. The van der Waals surface area contributed by atoms with Gasteiger partial charge in [-0.05, 0) is 44.4 Å². The number of aryl methyl sites for hydroxylation is 1. The minimum absolute atomic E-state index is 0.0981. The fourth-order valence-electron chi connectivity index (χ4n) is 4.97. The second kappa shape index (κ2) is 9.77. The summed E-state index contributed by atoms with van der Waals surface area (Å²) in [5.41, 5.74) is 2.61. The number of methoxy groups -OCH3 is 1. The highest BCUT2D eigenvalue weighted by Crippen LogP contribution is 2.45. The van der Waals surface area contributed by atoms with E-state index in [4.69, 9.17) is 14.6 Å². The Morgan fingerprint density at radius 2 is 1.91 bits per heavy atom. The number of hydrogen-bond acceptors (Lipinski definition) is 7. The van der Waals surface area contributed by atoms with E-state index in [-0.39, 0.29) is 18.2 Å². The summed E-state index contributed by atoms with van der Waals surface area (Å²) >= 11 is 0. The number of aromatic nitrogens is 4. The molecule has 9 heteroatoms. The van der Waals surface area contributed by atoms with Gasteiger partial charge in [0.2, 0.25) is 5.91 Å².